The van der Waals surface area contributed by atoms with E-state index in [1.54, 1.807) is 24.3 Å². The van der Waals surface area contributed by atoms with E-state index in [1.807, 2.05) is 6.07 Å². The molecule has 1 aliphatic heterocycles. The van der Waals surface area contributed by atoms with Crippen LogP contribution in [0.1, 0.15) is 66.6 Å². The normalized spacial score (nSPS) is 13.7. The highest BCUT2D eigenvalue weighted by Gasteiger charge is 2.20. The number of carboxylic acids is 1. The van der Waals surface area contributed by atoms with Gasteiger partial charge < -0.3 is 15.7 Å². The van der Waals surface area contributed by atoms with Crippen LogP contribution in [0.25, 0.3) is 0 Å². The number of unbranched alkanes of at least 4 members (excludes halogenated alkanes) is 4. The van der Waals surface area contributed by atoms with Gasteiger partial charge in [0.1, 0.15) is 11.9 Å². The number of nitrogens with zero attached hydrogens (tertiary/aromatic N) is 1. The predicted octanol–water partition coefficient (Wildman–Crippen LogP) is 4.21. The fourth-order valence-corrected chi connectivity index (χ4v) is 3.78. The number of amides is 1. The van der Waals surface area contributed by atoms with Crippen LogP contribution < -0.4 is 10.6 Å². The Morgan fingerprint density at radius 1 is 1.03 bits per heavy atom. The van der Waals surface area contributed by atoms with Crippen molar-refractivity contribution in [2.24, 2.45) is 0 Å². The van der Waals surface area contributed by atoms with Crippen molar-refractivity contribution in [2.75, 3.05) is 11.9 Å². The number of aromatic nitrogens is 1. The molecule has 6 nitrogen and oxygen atoms in total. The summed E-state index contributed by atoms with van der Waals surface area (Å²) < 4.78 is 0. The van der Waals surface area contributed by atoms with Crippen LogP contribution in [-0.4, -0.2) is 34.6 Å². The third-order valence-corrected chi connectivity index (χ3v) is 5.52. The van der Waals surface area contributed by atoms with Crippen molar-refractivity contribution in [1.29, 1.82) is 0 Å². The maximum Gasteiger partial charge on any atom is 0.326 e. The largest absolute Gasteiger partial charge is 0.480 e. The van der Waals surface area contributed by atoms with E-state index in [4.69, 9.17) is 4.98 Å². The first-order valence-electron chi connectivity index (χ1n) is 10.9. The van der Waals surface area contributed by atoms with Crippen molar-refractivity contribution in [2.45, 2.75) is 63.8 Å². The molecule has 3 N–H and O–H groups in total. The van der Waals surface area contributed by atoms with E-state index >= 15 is 0 Å². The molecule has 1 aliphatic rings. The van der Waals surface area contributed by atoms with E-state index in [0.29, 0.717) is 12.0 Å². The molecule has 2 aromatic rings. The number of fused-ring (bicyclic) bond motifs is 1. The Morgan fingerprint density at radius 2 is 1.80 bits per heavy atom. The molecule has 0 spiro atoms. The van der Waals surface area contributed by atoms with Crippen LogP contribution in [0.3, 0.4) is 0 Å². The Morgan fingerprint density at radius 3 is 2.60 bits per heavy atom. The number of nitrogens with one attached hydrogen (secondary N) is 2. The summed E-state index contributed by atoms with van der Waals surface area (Å²) in [7, 11) is 0. The third kappa shape index (κ3) is 6.58. The Kier molecular flexibility index (Phi) is 8.24. The quantitative estimate of drug-likeness (QED) is 0.484. The van der Waals surface area contributed by atoms with Crippen LogP contribution in [0.15, 0.2) is 42.5 Å². The van der Waals surface area contributed by atoms with Gasteiger partial charge in [0.25, 0.3) is 5.91 Å². The number of benzene rings is 1. The van der Waals surface area contributed by atoms with Crippen LogP contribution in [0.4, 0.5) is 5.82 Å². The zero-order valence-electron chi connectivity index (χ0n) is 17.4. The number of aliphatic carboxylic acids is 1. The Hall–Kier alpha value is -2.89. The molecule has 0 fully saturated rings. The molecule has 0 aliphatic carbocycles. The fourth-order valence-electron chi connectivity index (χ4n) is 3.78. The molecule has 0 bridgehead atoms. The minimum Gasteiger partial charge on any atom is -0.480 e. The molecule has 0 saturated carbocycles. The van der Waals surface area contributed by atoms with Crippen molar-refractivity contribution in [3.8, 4) is 0 Å². The zero-order chi connectivity index (χ0) is 21.2. The van der Waals surface area contributed by atoms with Crippen molar-refractivity contribution in [3.05, 3.63) is 59.3 Å². The van der Waals surface area contributed by atoms with Gasteiger partial charge in [0.2, 0.25) is 0 Å². The second-order valence-corrected chi connectivity index (χ2v) is 7.88. The van der Waals surface area contributed by atoms with Crippen LogP contribution >= 0.6 is 0 Å². The first-order valence-corrected chi connectivity index (χ1v) is 10.9. The van der Waals surface area contributed by atoms with Gasteiger partial charge in [-0.15, -0.1) is 0 Å². The smallest absolute Gasteiger partial charge is 0.326 e. The molecule has 1 atom stereocenters. The Balaban J connectivity index is 1.31. The first kappa shape index (κ1) is 21.8. The molecule has 1 unspecified atom stereocenters. The molecular formula is C24H31N3O3. The average Bonchev–Trinajstić information content (AvgIpc) is 2.77. The van der Waals surface area contributed by atoms with E-state index < -0.39 is 12.0 Å². The SMILES string of the molecule is O=C(NC(CCCCCCCc1ccc2c(n1)NCCC2)C(=O)O)c1ccccc1. The van der Waals surface area contributed by atoms with Gasteiger partial charge in [0.05, 0.1) is 0 Å². The summed E-state index contributed by atoms with van der Waals surface area (Å²) in [4.78, 5) is 28.4. The standard InChI is InChI=1S/C24H31N3O3/c28-23(19-10-5-4-6-11-19)27-21(24(29)30)14-8-3-1-2-7-13-20-16-15-18-12-9-17-25-22(18)26-20/h4-6,10-11,15-16,21H,1-3,7-9,12-14,17H2,(H,25,26)(H,27,28)(H,29,30). The monoisotopic (exact) mass is 409 g/mol. The van der Waals surface area contributed by atoms with Gasteiger partial charge in [-0.25, -0.2) is 9.78 Å². The topological polar surface area (TPSA) is 91.3 Å². The van der Waals surface area contributed by atoms with E-state index in [2.05, 4.69) is 22.8 Å². The van der Waals surface area contributed by atoms with Crippen LogP contribution in [0.5, 0.6) is 0 Å². The Labute approximate surface area is 178 Å². The molecule has 0 radical (unpaired) electrons. The summed E-state index contributed by atoms with van der Waals surface area (Å²) in [6.45, 7) is 1.01. The minimum atomic E-state index is -0.980. The average molecular weight is 410 g/mol. The zero-order valence-corrected chi connectivity index (χ0v) is 17.4. The molecule has 1 aromatic carbocycles. The lowest BCUT2D eigenvalue weighted by Crippen LogP contribution is -2.40. The highest BCUT2D eigenvalue weighted by Crippen LogP contribution is 2.20. The number of anilines is 1. The first-order chi connectivity index (χ1) is 14.6. The van der Waals surface area contributed by atoms with Gasteiger partial charge in [0.15, 0.2) is 0 Å². The second-order valence-electron chi connectivity index (χ2n) is 7.88. The number of hydrogen-bond acceptors (Lipinski definition) is 4. The van der Waals surface area contributed by atoms with E-state index in [1.165, 1.54) is 12.0 Å². The van der Waals surface area contributed by atoms with Gasteiger partial charge >= 0.3 is 5.97 Å². The van der Waals surface area contributed by atoms with Gasteiger partial charge in [-0.05, 0) is 55.9 Å². The van der Waals surface area contributed by atoms with Gasteiger partial charge in [-0.2, -0.15) is 0 Å². The number of rotatable bonds is 11. The number of pyridine rings is 1. The molecule has 160 valence electrons. The number of carbonyl (C=O) groups excluding carboxylic acids is 1. The molecule has 3 rings (SSSR count). The second kappa shape index (κ2) is 11.3. The number of hydrogen-bond donors (Lipinski definition) is 3. The van der Waals surface area contributed by atoms with Gasteiger partial charge in [-0.1, -0.05) is 49.9 Å². The highest BCUT2D eigenvalue weighted by atomic mass is 16.4. The van der Waals surface area contributed by atoms with Crippen LogP contribution in [-0.2, 0) is 17.6 Å². The summed E-state index contributed by atoms with van der Waals surface area (Å²) in [5.41, 5.74) is 2.93. The Bertz CT molecular complexity index is 839. The molecule has 0 saturated heterocycles. The van der Waals surface area contributed by atoms with Crippen molar-refractivity contribution in [1.82, 2.24) is 10.3 Å². The van der Waals surface area contributed by atoms with Gasteiger partial charge in [-0.3, -0.25) is 4.79 Å². The van der Waals surface area contributed by atoms with Crippen molar-refractivity contribution < 1.29 is 14.7 Å². The lowest BCUT2D eigenvalue weighted by molar-refractivity contribution is -0.139. The number of carboxylic acid groups (broad SMARTS) is 1. The number of aryl methyl sites for hydroxylation is 2. The highest BCUT2D eigenvalue weighted by molar-refractivity contribution is 5.96. The molecule has 30 heavy (non-hydrogen) atoms. The van der Waals surface area contributed by atoms with Crippen LogP contribution in [0, 0.1) is 0 Å². The summed E-state index contributed by atoms with van der Waals surface area (Å²) in [6, 6.07) is 12.2. The van der Waals surface area contributed by atoms with Crippen LogP contribution in [0.2, 0.25) is 0 Å². The van der Waals surface area contributed by atoms with Gasteiger partial charge in [0, 0.05) is 17.8 Å². The predicted molar refractivity (Wildman–Crippen MR) is 118 cm³/mol. The summed E-state index contributed by atoms with van der Waals surface area (Å²) >= 11 is 0. The number of carbonyl (C=O) groups is 2. The fraction of sp³-hybridized carbons (Fsp3) is 0.458. The van der Waals surface area contributed by atoms with E-state index in [0.717, 1.165) is 63.0 Å². The van der Waals surface area contributed by atoms with E-state index in [-0.39, 0.29) is 5.91 Å². The lowest BCUT2D eigenvalue weighted by Gasteiger charge is -2.17. The summed E-state index contributed by atoms with van der Waals surface area (Å²) in [5, 5.41) is 15.4. The molecular weight excluding hydrogens is 378 g/mol. The minimum absolute atomic E-state index is 0.338. The summed E-state index contributed by atoms with van der Waals surface area (Å²) in [5.74, 6) is -0.266. The third-order valence-electron chi connectivity index (χ3n) is 5.52. The van der Waals surface area contributed by atoms with Crippen molar-refractivity contribution in [3.63, 3.8) is 0 Å². The maximum absolute atomic E-state index is 12.2. The lowest BCUT2D eigenvalue weighted by atomic mass is 10.0. The summed E-state index contributed by atoms with van der Waals surface area (Å²) in [6.07, 6.45) is 8.69. The van der Waals surface area contributed by atoms with E-state index in [9.17, 15) is 14.7 Å². The molecule has 2 heterocycles. The molecule has 1 aromatic heterocycles. The maximum atomic E-state index is 12.2. The molecule has 6 heteroatoms. The molecule has 1 amide bonds. The van der Waals surface area contributed by atoms with Crippen molar-refractivity contribution >= 4 is 17.7 Å².